The van der Waals surface area contributed by atoms with E-state index >= 15 is 0 Å². The Kier molecular flexibility index (Phi) is 6.46. The molecule has 2 N–H and O–H groups in total. The molecule has 4 heterocycles. The first-order valence-electron chi connectivity index (χ1n) is 11.6. The molecule has 3 aromatic heterocycles. The molecule has 37 heavy (non-hydrogen) atoms. The number of amides is 2. The molecule has 192 valence electrons. The summed E-state index contributed by atoms with van der Waals surface area (Å²) in [5, 5.41) is 12.7. The van der Waals surface area contributed by atoms with Crippen molar-refractivity contribution in [2.75, 3.05) is 29.2 Å². The summed E-state index contributed by atoms with van der Waals surface area (Å²) in [5.41, 5.74) is 2.88. The number of benzene rings is 1. The summed E-state index contributed by atoms with van der Waals surface area (Å²) in [5.74, 6) is -0.140. The maximum atomic E-state index is 13.7. The SMILES string of the molecule is COc1ccc(NC(C)=O)cc1NC(=O)c1cc(-c2cccs2)nc2c1c(C)nn2C1CCS(=O)(=O)C1. The van der Waals surface area contributed by atoms with E-state index < -0.39 is 15.7 Å². The van der Waals surface area contributed by atoms with Crippen LogP contribution in [0.4, 0.5) is 11.4 Å². The minimum absolute atomic E-state index is 0.0111. The van der Waals surface area contributed by atoms with E-state index in [4.69, 9.17) is 9.72 Å². The lowest BCUT2D eigenvalue weighted by Gasteiger charge is -2.14. The van der Waals surface area contributed by atoms with Crippen molar-refractivity contribution in [1.29, 1.82) is 0 Å². The summed E-state index contributed by atoms with van der Waals surface area (Å²) >= 11 is 1.49. The van der Waals surface area contributed by atoms with Crippen LogP contribution in [0, 0.1) is 6.92 Å². The van der Waals surface area contributed by atoms with E-state index in [1.807, 2.05) is 17.5 Å². The Morgan fingerprint density at radius 3 is 2.65 bits per heavy atom. The molecule has 0 radical (unpaired) electrons. The third-order valence-corrected chi connectivity index (χ3v) is 8.82. The number of hydrogen-bond acceptors (Lipinski definition) is 8. The largest absolute Gasteiger partial charge is 0.495 e. The van der Waals surface area contributed by atoms with Crippen LogP contribution in [0.3, 0.4) is 0 Å². The Bertz CT molecular complexity index is 1630. The first-order chi connectivity index (χ1) is 17.6. The number of aryl methyl sites for hydroxylation is 1. The van der Waals surface area contributed by atoms with Gasteiger partial charge in [0.25, 0.3) is 5.91 Å². The molecule has 12 heteroatoms. The molecule has 1 fully saturated rings. The molecule has 1 saturated heterocycles. The second kappa shape index (κ2) is 9.60. The molecule has 1 aliphatic heterocycles. The smallest absolute Gasteiger partial charge is 0.256 e. The van der Waals surface area contributed by atoms with Crippen molar-refractivity contribution < 1.29 is 22.7 Å². The minimum atomic E-state index is -3.15. The number of pyridine rings is 1. The summed E-state index contributed by atoms with van der Waals surface area (Å²) in [6, 6.07) is 10.1. The van der Waals surface area contributed by atoms with Crippen LogP contribution in [0.15, 0.2) is 41.8 Å². The minimum Gasteiger partial charge on any atom is -0.495 e. The Balaban J connectivity index is 1.63. The number of methoxy groups -OCH3 is 1. The molecule has 10 nitrogen and oxygen atoms in total. The third-order valence-electron chi connectivity index (χ3n) is 6.18. The van der Waals surface area contributed by atoms with Gasteiger partial charge in [-0.2, -0.15) is 5.10 Å². The van der Waals surface area contributed by atoms with Gasteiger partial charge in [-0.05, 0) is 49.1 Å². The van der Waals surface area contributed by atoms with Crippen LogP contribution >= 0.6 is 11.3 Å². The topological polar surface area (TPSA) is 132 Å². The monoisotopic (exact) mass is 539 g/mol. The Labute approximate surface area is 217 Å². The highest BCUT2D eigenvalue weighted by molar-refractivity contribution is 7.91. The standard InChI is InChI=1S/C25H25N5O5S2/c1-14-23-18(25(32)28-19-11-16(26-15(2)31)6-7-21(19)35-3)12-20(22-5-4-9-36-22)27-24(23)30(29-14)17-8-10-37(33,34)13-17/h4-7,9,11-12,17H,8,10,13H2,1-3H3,(H,26,31)(H,28,32). The summed E-state index contributed by atoms with van der Waals surface area (Å²) in [7, 11) is -1.66. The molecule has 0 spiro atoms. The van der Waals surface area contributed by atoms with Crippen LogP contribution in [0.1, 0.15) is 35.4 Å². The number of rotatable bonds is 6. The third kappa shape index (κ3) is 4.94. The van der Waals surface area contributed by atoms with E-state index in [0.29, 0.717) is 51.5 Å². The van der Waals surface area contributed by atoms with Gasteiger partial charge in [-0.1, -0.05) is 6.07 Å². The second-order valence-corrected chi connectivity index (χ2v) is 12.0. The van der Waals surface area contributed by atoms with Crippen molar-refractivity contribution in [3.63, 3.8) is 0 Å². The summed E-state index contributed by atoms with van der Waals surface area (Å²) in [6.45, 7) is 3.18. The highest BCUT2D eigenvalue weighted by Crippen LogP contribution is 2.34. The normalized spacial score (nSPS) is 16.6. The van der Waals surface area contributed by atoms with Gasteiger partial charge in [0, 0.05) is 12.6 Å². The molecule has 5 rings (SSSR count). The van der Waals surface area contributed by atoms with Crippen LogP contribution in [-0.2, 0) is 14.6 Å². The summed E-state index contributed by atoms with van der Waals surface area (Å²) < 4.78 is 31.4. The molecule has 0 bridgehead atoms. The van der Waals surface area contributed by atoms with Gasteiger partial charge >= 0.3 is 0 Å². The lowest BCUT2D eigenvalue weighted by Crippen LogP contribution is -2.15. The van der Waals surface area contributed by atoms with Crippen molar-refractivity contribution in [2.45, 2.75) is 26.3 Å². The zero-order chi connectivity index (χ0) is 26.3. The first kappa shape index (κ1) is 24.9. The van der Waals surface area contributed by atoms with Gasteiger partial charge in [-0.25, -0.2) is 18.1 Å². The number of nitrogens with zero attached hydrogens (tertiary/aromatic N) is 3. The van der Waals surface area contributed by atoms with Crippen molar-refractivity contribution >= 4 is 55.4 Å². The number of carbonyl (C=O) groups excluding carboxylic acids is 2. The summed E-state index contributed by atoms with van der Waals surface area (Å²) in [4.78, 5) is 30.9. The maximum absolute atomic E-state index is 13.7. The zero-order valence-electron chi connectivity index (χ0n) is 20.4. The van der Waals surface area contributed by atoms with Crippen molar-refractivity contribution in [1.82, 2.24) is 14.8 Å². The Morgan fingerprint density at radius 2 is 2.00 bits per heavy atom. The predicted molar refractivity (Wildman–Crippen MR) is 143 cm³/mol. The molecular formula is C25H25N5O5S2. The number of thiophene rings is 1. The maximum Gasteiger partial charge on any atom is 0.256 e. The Morgan fingerprint density at radius 1 is 1.19 bits per heavy atom. The van der Waals surface area contributed by atoms with Gasteiger partial charge in [-0.3, -0.25) is 9.59 Å². The van der Waals surface area contributed by atoms with Crippen LogP contribution in [0.2, 0.25) is 0 Å². The number of aromatic nitrogens is 3. The van der Waals surface area contributed by atoms with E-state index in [2.05, 4.69) is 15.7 Å². The summed E-state index contributed by atoms with van der Waals surface area (Å²) in [6.07, 6.45) is 0.443. The lowest BCUT2D eigenvalue weighted by atomic mass is 10.1. The molecule has 2 amide bonds. The van der Waals surface area contributed by atoms with E-state index in [9.17, 15) is 18.0 Å². The van der Waals surface area contributed by atoms with Gasteiger partial charge in [0.1, 0.15) is 5.75 Å². The van der Waals surface area contributed by atoms with Crippen molar-refractivity contribution in [3.05, 3.63) is 53.0 Å². The second-order valence-electron chi connectivity index (χ2n) is 8.87. The first-order valence-corrected chi connectivity index (χ1v) is 14.3. The zero-order valence-corrected chi connectivity index (χ0v) is 22.1. The van der Waals surface area contributed by atoms with Gasteiger partial charge in [0.05, 0.1) is 57.6 Å². The van der Waals surface area contributed by atoms with E-state index in [1.165, 1.54) is 25.4 Å². The van der Waals surface area contributed by atoms with Gasteiger partial charge < -0.3 is 15.4 Å². The van der Waals surface area contributed by atoms with Crippen LogP contribution in [0.25, 0.3) is 21.6 Å². The van der Waals surface area contributed by atoms with E-state index in [0.717, 1.165) is 4.88 Å². The van der Waals surface area contributed by atoms with Crippen molar-refractivity contribution in [2.24, 2.45) is 0 Å². The number of sulfone groups is 1. The average Bonchev–Trinajstić information content (AvgIpc) is 3.58. The predicted octanol–water partition coefficient (Wildman–Crippen LogP) is 4.05. The lowest BCUT2D eigenvalue weighted by molar-refractivity contribution is -0.114. The quantitative estimate of drug-likeness (QED) is 0.378. The number of hydrogen-bond donors (Lipinski definition) is 2. The highest BCUT2D eigenvalue weighted by Gasteiger charge is 2.32. The highest BCUT2D eigenvalue weighted by atomic mass is 32.2. The molecule has 1 aromatic carbocycles. The van der Waals surface area contributed by atoms with Gasteiger partial charge in [-0.15, -0.1) is 11.3 Å². The van der Waals surface area contributed by atoms with Crippen LogP contribution < -0.4 is 15.4 Å². The Hall–Kier alpha value is -3.77. The van der Waals surface area contributed by atoms with Crippen molar-refractivity contribution in [3.8, 4) is 16.3 Å². The number of carbonyl (C=O) groups is 2. The number of nitrogens with one attached hydrogen (secondary N) is 2. The van der Waals surface area contributed by atoms with E-state index in [-0.39, 0.29) is 23.5 Å². The number of ether oxygens (including phenoxy) is 1. The molecule has 1 aliphatic rings. The molecule has 1 atom stereocenters. The number of anilines is 2. The molecule has 1 unspecified atom stereocenters. The fourth-order valence-electron chi connectivity index (χ4n) is 4.54. The molecular weight excluding hydrogens is 514 g/mol. The number of fused-ring (bicyclic) bond motifs is 1. The molecule has 0 aliphatic carbocycles. The fraction of sp³-hybridized carbons (Fsp3) is 0.280. The van der Waals surface area contributed by atoms with E-state index in [1.54, 1.807) is 35.9 Å². The average molecular weight is 540 g/mol. The molecule has 4 aromatic rings. The van der Waals surface area contributed by atoms with Gasteiger partial charge in [0.15, 0.2) is 15.5 Å². The van der Waals surface area contributed by atoms with Gasteiger partial charge in [0.2, 0.25) is 5.91 Å². The van der Waals surface area contributed by atoms with Crippen LogP contribution in [0.5, 0.6) is 5.75 Å². The fourth-order valence-corrected chi connectivity index (χ4v) is 6.92. The van der Waals surface area contributed by atoms with Crippen LogP contribution in [-0.4, -0.2) is 53.6 Å². The molecule has 0 saturated carbocycles.